The molecule has 0 bridgehead atoms. The molecule has 0 fully saturated rings. The van der Waals surface area contributed by atoms with Crippen molar-refractivity contribution >= 4 is 5.97 Å². The van der Waals surface area contributed by atoms with Crippen LogP contribution in [0.2, 0.25) is 0 Å². The van der Waals surface area contributed by atoms with E-state index in [1.807, 2.05) is 27.7 Å². The number of hydrogen-bond acceptors (Lipinski definition) is 2. The fourth-order valence-electron chi connectivity index (χ4n) is 2.59. The van der Waals surface area contributed by atoms with Crippen LogP contribution in [-0.2, 0) is 28.8 Å². The van der Waals surface area contributed by atoms with E-state index < -0.39 is 5.60 Å². The van der Waals surface area contributed by atoms with Gasteiger partial charge in [-0.1, -0.05) is 25.1 Å². The molecule has 2 rings (SSSR count). The Morgan fingerprint density at radius 1 is 1.26 bits per heavy atom. The molecule has 1 aliphatic carbocycles. The maximum atomic E-state index is 12.0. The highest BCUT2D eigenvalue weighted by atomic mass is 16.6. The van der Waals surface area contributed by atoms with Gasteiger partial charge in [0.1, 0.15) is 5.60 Å². The second-order valence-corrected chi connectivity index (χ2v) is 6.60. The fourth-order valence-corrected chi connectivity index (χ4v) is 2.59. The summed E-state index contributed by atoms with van der Waals surface area (Å²) in [6, 6.07) is 6.65. The van der Waals surface area contributed by atoms with Crippen LogP contribution < -0.4 is 0 Å². The minimum absolute atomic E-state index is 0.0846. The number of benzene rings is 1. The molecule has 0 aromatic heterocycles. The van der Waals surface area contributed by atoms with Gasteiger partial charge in [0.2, 0.25) is 0 Å². The third-order valence-electron chi connectivity index (χ3n) is 3.51. The number of aryl methyl sites for hydroxylation is 2. The maximum absolute atomic E-state index is 12.0. The molecule has 0 N–H and O–H groups in total. The van der Waals surface area contributed by atoms with Gasteiger partial charge in [0, 0.05) is 0 Å². The van der Waals surface area contributed by atoms with Crippen molar-refractivity contribution in [2.45, 2.75) is 59.0 Å². The van der Waals surface area contributed by atoms with Gasteiger partial charge >= 0.3 is 5.97 Å². The second kappa shape index (κ2) is 5.36. The van der Waals surface area contributed by atoms with E-state index in [1.54, 1.807) is 0 Å². The minimum atomic E-state index is -0.400. The van der Waals surface area contributed by atoms with Crippen molar-refractivity contribution in [3.63, 3.8) is 0 Å². The first-order valence-electron chi connectivity index (χ1n) is 7.19. The Labute approximate surface area is 116 Å². The van der Waals surface area contributed by atoms with Gasteiger partial charge in [-0.15, -0.1) is 0 Å². The van der Waals surface area contributed by atoms with Crippen molar-refractivity contribution in [1.29, 1.82) is 0 Å². The summed E-state index contributed by atoms with van der Waals surface area (Å²) in [6.07, 6.45) is 4.42. The van der Waals surface area contributed by atoms with Gasteiger partial charge in [0.05, 0.1) is 5.92 Å². The number of carbonyl (C=O) groups excluding carboxylic acids is 1. The molecular formula is C17H24O2. The first kappa shape index (κ1) is 14.1. The summed E-state index contributed by atoms with van der Waals surface area (Å²) in [5.74, 6) is -0.188. The Bertz CT molecular complexity index is 469. The predicted octanol–water partition coefficient (Wildman–Crippen LogP) is 3.70. The normalized spacial score (nSPS) is 16.0. The zero-order valence-corrected chi connectivity index (χ0v) is 12.5. The van der Waals surface area contributed by atoms with Crippen LogP contribution in [0.1, 0.15) is 50.8 Å². The first-order valence-corrected chi connectivity index (χ1v) is 7.19. The van der Waals surface area contributed by atoms with Gasteiger partial charge in [-0.25, -0.2) is 0 Å². The van der Waals surface area contributed by atoms with Crippen LogP contribution >= 0.6 is 0 Å². The average molecular weight is 260 g/mol. The molecule has 0 aliphatic heterocycles. The molecule has 1 aliphatic rings. The van der Waals surface area contributed by atoms with E-state index in [0.717, 1.165) is 6.42 Å². The number of hydrogen-bond donors (Lipinski definition) is 0. The summed E-state index contributed by atoms with van der Waals surface area (Å²) >= 11 is 0. The van der Waals surface area contributed by atoms with E-state index in [1.165, 1.54) is 36.0 Å². The number of esters is 1. The Kier molecular flexibility index (Phi) is 3.98. The van der Waals surface area contributed by atoms with Crippen LogP contribution in [0.25, 0.3) is 0 Å². The zero-order chi connectivity index (χ0) is 14.0. The lowest BCUT2D eigenvalue weighted by atomic mass is 9.98. The molecule has 1 aromatic rings. The van der Waals surface area contributed by atoms with Crippen LogP contribution in [0.4, 0.5) is 0 Å². The molecule has 0 spiro atoms. The number of ether oxygens (including phenoxy) is 1. The maximum Gasteiger partial charge on any atom is 0.309 e. The topological polar surface area (TPSA) is 26.3 Å². The smallest absolute Gasteiger partial charge is 0.309 e. The summed E-state index contributed by atoms with van der Waals surface area (Å²) in [5.41, 5.74) is 3.80. The van der Waals surface area contributed by atoms with E-state index in [9.17, 15) is 4.79 Å². The lowest BCUT2D eigenvalue weighted by molar-refractivity contribution is -0.159. The molecule has 0 saturated carbocycles. The fraction of sp³-hybridized carbons (Fsp3) is 0.588. The highest BCUT2D eigenvalue weighted by Crippen LogP contribution is 2.24. The van der Waals surface area contributed by atoms with Crippen molar-refractivity contribution in [2.24, 2.45) is 5.92 Å². The van der Waals surface area contributed by atoms with Gasteiger partial charge in [0.25, 0.3) is 0 Å². The van der Waals surface area contributed by atoms with Crippen LogP contribution in [0.5, 0.6) is 0 Å². The van der Waals surface area contributed by atoms with Crippen LogP contribution in [0.15, 0.2) is 18.2 Å². The van der Waals surface area contributed by atoms with Crippen molar-refractivity contribution in [3.8, 4) is 0 Å². The van der Waals surface area contributed by atoms with Crippen molar-refractivity contribution in [2.75, 3.05) is 0 Å². The molecule has 19 heavy (non-hydrogen) atoms. The Morgan fingerprint density at radius 2 is 1.95 bits per heavy atom. The molecule has 0 heterocycles. The minimum Gasteiger partial charge on any atom is -0.460 e. The monoisotopic (exact) mass is 260 g/mol. The van der Waals surface area contributed by atoms with E-state index in [4.69, 9.17) is 4.74 Å². The number of rotatable bonds is 3. The quantitative estimate of drug-likeness (QED) is 0.775. The SMILES string of the molecule is C[C@@H](Cc1ccc2c(c1)CCC2)C(=O)OC(C)(C)C. The summed E-state index contributed by atoms with van der Waals surface area (Å²) in [5, 5.41) is 0. The lowest BCUT2D eigenvalue weighted by Gasteiger charge is -2.22. The molecule has 0 amide bonds. The molecule has 2 heteroatoms. The highest BCUT2D eigenvalue weighted by Gasteiger charge is 2.22. The standard InChI is InChI=1S/C17H24O2/c1-12(16(18)19-17(2,3)4)10-13-8-9-14-6-5-7-15(14)11-13/h8-9,11-12H,5-7,10H2,1-4H3/t12-/m0/s1. The molecule has 0 radical (unpaired) electrons. The zero-order valence-electron chi connectivity index (χ0n) is 12.5. The van der Waals surface area contributed by atoms with Crippen LogP contribution in [0.3, 0.4) is 0 Å². The van der Waals surface area contributed by atoms with Crippen molar-refractivity contribution in [3.05, 3.63) is 34.9 Å². The third kappa shape index (κ3) is 3.82. The lowest BCUT2D eigenvalue weighted by Crippen LogP contribution is -2.28. The number of fused-ring (bicyclic) bond motifs is 1. The molecule has 1 atom stereocenters. The molecule has 0 unspecified atom stereocenters. The van der Waals surface area contributed by atoms with E-state index >= 15 is 0 Å². The van der Waals surface area contributed by atoms with Gasteiger partial charge in [-0.3, -0.25) is 4.79 Å². The Morgan fingerprint density at radius 3 is 2.63 bits per heavy atom. The summed E-state index contributed by atoms with van der Waals surface area (Å²) in [7, 11) is 0. The van der Waals surface area contributed by atoms with Gasteiger partial charge in [-0.2, -0.15) is 0 Å². The summed E-state index contributed by atoms with van der Waals surface area (Å²) < 4.78 is 5.43. The molecule has 104 valence electrons. The van der Waals surface area contributed by atoms with Crippen LogP contribution in [-0.4, -0.2) is 11.6 Å². The van der Waals surface area contributed by atoms with E-state index in [2.05, 4.69) is 18.2 Å². The van der Waals surface area contributed by atoms with Gasteiger partial charge < -0.3 is 4.74 Å². The summed E-state index contributed by atoms with van der Waals surface area (Å²) in [4.78, 5) is 12.0. The van der Waals surface area contributed by atoms with Crippen molar-refractivity contribution in [1.82, 2.24) is 0 Å². The molecular weight excluding hydrogens is 236 g/mol. The Balaban J connectivity index is 1.99. The van der Waals surface area contributed by atoms with Crippen molar-refractivity contribution < 1.29 is 9.53 Å². The van der Waals surface area contributed by atoms with Gasteiger partial charge in [-0.05, 0) is 63.1 Å². The molecule has 0 saturated heterocycles. The first-order chi connectivity index (χ1) is 8.85. The van der Waals surface area contributed by atoms with Crippen LogP contribution in [0, 0.1) is 5.92 Å². The second-order valence-electron chi connectivity index (χ2n) is 6.60. The average Bonchev–Trinajstić information content (AvgIpc) is 2.73. The molecule has 1 aromatic carbocycles. The predicted molar refractivity (Wildman–Crippen MR) is 77.2 cm³/mol. The highest BCUT2D eigenvalue weighted by molar-refractivity contribution is 5.72. The van der Waals surface area contributed by atoms with Gasteiger partial charge in [0.15, 0.2) is 0 Å². The summed E-state index contributed by atoms with van der Waals surface area (Å²) in [6.45, 7) is 7.67. The van der Waals surface area contributed by atoms with E-state index in [-0.39, 0.29) is 11.9 Å². The Hall–Kier alpha value is -1.31. The molecule has 2 nitrogen and oxygen atoms in total. The third-order valence-corrected chi connectivity index (χ3v) is 3.51. The largest absolute Gasteiger partial charge is 0.460 e. The number of carbonyl (C=O) groups is 1. The van der Waals surface area contributed by atoms with E-state index in [0.29, 0.717) is 0 Å².